The van der Waals surface area contributed by atoms with Gasteiger partial charge >= 0.3 is 0 Å². The van der Waals surface area contributed by atoms with E-state index >= 15 is 0 Å². The van der Waals surface area contributed by atoms with Gasteiger partial charge in [-0.1, -0.05) is 79.7 Å². The molecule has 0 aliphatic rings. The summed E-state index contributed by atoms with van der Waals surface area (Å²) in [7, 11) is 0. The average Bonchev–Trinajstić information content (AvgIpc) is 2.57. The summed E-state index contributed by atoms with van der Waals surface area (Å²) in [4.78, 5) is 0. The van der Waals surface area contributed by atoms with Crippen LogP contribution in [0, 0.1) is 0 Å². The Hall–Kier alpha value is -1.82. The van der Waals surface area contributed by atoms with Crippen LogP contribution in [-0.4, -0.2) is 0 Å². The fourth-order valence-electron chi connectivity index (χ4n) is 4.24. The van der Waals surface area contributed by atoms with E-state index in [4.69, 9.17) is 0 Å². The van der Waals surface area contributed by atoms with Gasteiger partial charge in [-0.05, 0) is 79.6 Å². The number of benzene rings is 3. The van der Waals surface area contributed by atoms with Gasteiger partial charge in [0.15, 0.2) is 0 Å². The summed E-state index contributed by atoms with van der Waals surface area (Å²) in [6.07, 6.45) is 0. The molecule has 138 valence electrons. The van der Waals surface area contributed by atoms with Gasteiger partial charge in [-0.2, -0.15) is 0 Å². The normalized spacial score (nSPS) is 12.5. The van der Waals surface area contributed by atoms with Gasteiger partial charge in [0.05, 0.1) is 0 Å². The van der Waals surface area contributed by atoms with E-state index in [1.165, 1.54) is 43.8 Å². The lowest BCUT2D eigenvalue weighted by atomic mass is 9.84. The van der Waals surface area contributed by atoms with Crippen molar-refractivity contribution in [2.45, 2.75) is 79.1 Å². The monoisotopic (exact) mass is 346 g/mol. The fourth-order valence-corrected chi connectivity index (χ4v) is 4.24. The molecule has 3 rings (SSSR count). The van der Waals surface area contributed by atoms with Crippen LogP contribution in [-0.2, 0) is 0 Å². The SMILES string of the molecule is CC(C)c1cc(C(C)C)c2cc3ccc(C(C)C)c(C(C)C)c3cc2c1. The van der Waals surface area contributed by atoms with Gasteiger partial charge in [0, 0.05) is 0 Å². The first-order chi connectivity index (χ1) is 12.2. The molecule has 0 saturated heterocycles. The van der Waals surface area contributed by atoms with Crippen molar-refractivity contribution in [3.05, 3.63) is 58.7 Å². The minimum Gasteiger partial charge on any atom is -0.0587 e. The molecule has 0 radical (unpaired) electrons. The van der Waals surface area contributed by atoms with Gasteiger partial charge in [0.2, 0.25) is 0 Å². The first kappa shape index (κ1) is 19.0. The Morgan fingerprint density at radius 3 is 1.65 bits per heavy atom. The quantitative estimate of drug-likeness (QED) is 0.415. The van der Waals surface area contributed by atoms with Crippen LogP contribution in [0.2, 0.25) is 0 Å². The third-order valence-electron chi connectivity index (χ3n) is 5.71. The van der Waals surface area contributed by atoms with Crippen LogP contribution < -0.4 is 0 Å². The number of rotatable bonds is 4. The van der Waals surface area contributed by atoms with Crippen molar-refractivity contribution in [2.24, 2.45) is 0 Å². The van der Waals surface area contributed by atoms with Gasteiger partial charge < -0.3 is 0 Å². The minimum atomic E-state index is 0.534. The van der Waals surface area contributed by atoms with E-state index in [0.29, 0.717) is 23.7 Å². The highest BCUT2D eigenvalue weighted by Crippen LogP contribution is 2.38. The Balaban J connectivity index is 2.44. The van der Waals surface area contributed by atoms with Crippen LogP contribution in [0.15, 0.2) is 36.4 Å². The Kier molecular flexibility index (Phi) is 5.15. The molecule has 0 saturated carbocycles. The van der Waals surface area contributed by atoms with E-state index in [2.05, 4.69) is 91.8 Å². The smallest absolute Gasteiger partial charge is 0.0140 e. The summed E-state index contributed by atoms with van der Waals surface area (Å²) in [6, 6.07) is 14.4. The second-order valence-electron chi connectivity index (χ2n) is 9.09. The van der Waals surface area contributed by atoms with Crippen LogP contribution in [0.1, 0.15) is 101 Å². The molecule has 0 amide bonds. The maximum atomic E-state index is 2.46. The lowest BCUT2D eigenvalue weighted by molar-refractivity contribution is 0.798. The predicted molar refractivity (Wildman–Crippen MR) is 118 cm³/mol. The van der Waals surface area contributed by atoms with Crippen molar-refractivity contribution in [3.63, 3.8) is 0 Å². The van der Waals surface area contributed by atoms with Crippen molar-refractivity contribution >= 4 is 21.5 Å². The van der Waals surface area contributed by atoms with E-state index in [9.17, 15) is 0 Å². The van der Waals surface area contributed by atoms with E-state index in [1.54, 1.807) is 0 Å². The van der Waals surface area contributed by atoms with Crippen molar-refractivity contribution in [2.75, 3.05) is 0 Å². The average molecular weight is 347 g/mol. The first-order valence-corrected chi connectivity index (χ1v) is 10.2. The van der Waals surface area contributed by atoms with Crippen LogP contribution in [0.25, 0.3) is 21.5 Å². The molecule has 0 aromatic heterocycles. The van der Waals surface area contributed by atoms with Crippen molar-refractivity contribution in [1.82, 2.24) is 0 Å². The van der Waals surface area contributed by atoms with E-state index in [1.807, 2.05) is 0 Å². The third-order valence-corrected chi connectivity index (χ3v) is 5.71. The molecule has 0 N–H and O–H groups in total. The highest BCUT2D eigenvalue weighted by molar-refractivity contribution is 6.02. The van der Waals surface area contributed by atoms with E-state index in [0.717, 1.165) is 0 Å². The summed E-state index contributed by atoms with van der Waals surface area (Å²) in [6.45, 7) is 18.5. The van der Waals surface area contributed by atoms with E-state index in [-0.39, 0.29) is 0 Å². The zero-order valence-electron chi connectivity index (χ0n) is 17.8. The highest BCUT2D eigenvalue weighted by atomic mass is 14.2. The molecule has 0 bridgehead atoms. The van der Waals surface area contributed by atoms with Gasteiger partial charge in [-0.25, -0.2) is 0 Å². The molecule has 0 heteroatoms. The Labute approximate surface area is 159 Å². The molecule has 0 heterocycles. The molecule has 3 aromatic carbocycles. The van der Waals surface area contributed by atoms with Gasteiger partial charge in [-0.3, -0.25) is 0 Å². The summed E-state index contributed by atoms with van der Waals surface area (Å²) >= 11 is 0. The van der Waals surface area contributed by atoms with Crippen molar-refractivity contribution < 1.29 is 0 Å². The molecule has 0 atom stereocenters. The van der Waals surface area contributed by atoms with Crippen LogP contribution in [0.4, 0.5) is 0 Å². The second-order valence-corrected chi connectivity index (χ2v) is 9.09. The fraction of sp³-hybridized carbons (Fsp3) is 0.462. The molecular formula is C26H34. The Morgan fingerprint density at radius 1 is 0.500 bits per heavy atom. The Bertz CT molecular complexity index is 939. The number of hydrogen-bond acceptors (Lipinski definition) is 0. The molecular weight excluding hydrogens is 312 g/mol. The maximum Gasteiger partial charge on any atom is -0.0140 e. The molecule has 0 aliphatic heterocycles. The largest absolute Gasteiger partial charge is 0.0587 e. The molecule has 0 aliphatic carbocycles. The number of hydrogen-bond donors (Lipinski definition) is 0. The van der Waals surface area contributed by atoms with Gasteiger partial charge in [0.25, 0.3) is 0 Å². The summed E-state index contributed by atoms with van der Waals surface area (Å²) in [5, 5.41) is 5.64. The molecule has 0 unspecified atom stereocenters. The zero-order valence-corrected chi connectivity index (χ0v) is 17.8. The van der Waals surface area contributed by atoms with Crippen LogP contribution >= 0.6 is 0 Å². The first-order valence-electron chi connectivity index (χ1n) is 10.2. The van der Waals surface area contributed by atoms with E-state index < -0.39 is 0 Å². The van der Waals surface area contributed by atoms with Crippen molar-refractivity contribution in [1.29, 1.82) is 0 Å². The second kappa shape index (κ2) is 7.06. The molecule has 0 spiro atoms. The Morgan fingerprint density at radius 2 is 1.12 bits per heavy atom. The van der Waals surface area contributed by atoms with Gasteiger partial charge in [0.1, 0.15) is 0 Å². The predicted octanol–water partition coefficient (Wildman–Crippen LogP) is 8.49. The minimum absolute atomic E-state index is 0.534. The number of fused-ring (bicyclic) bond motifs is 2. The molecule has 26 heavy (non-hydrogen) atoms. The lowest BCUT2D eigenvalue weighted by Gasteiger charge is -2.21. The van der Waals surface area contributed by atoms with Crippen molar-refractivity contribution in [3.8, 4) is 0 Å². The van der Waals surface area contributed by atoms with Crippen LogP contribution in [0.5, 0.6) is 0 Å². The maximum absolute atomic E-state index is 2.46. The molecule has 3 aromatic rings. The zero-order chi connectivity index (χ0) is 19.2. The topological polar surface area (TPSA) is 0 Å². The molecule has 0 fully saturated rings. The molecule has 0 nitrogen and oxygen atoms in total. The standard InChI is InChI=1S/C26H34/c1-15(2)20-11-21-14-25-19(12-24(21)23(13-20)17(5)6)9-10-22(16(3)4)26(25)18(7)8/h9-18H,1-8H3. The summed E-state index contributed by atoms with van der Waals surface area (Å²) < 4.78 is 0. The van der Waals surface area contributed by atoms with Gasteiger partial charge in [-0.15, -0.1) is 0 Å². The summed E-state index contributed by atoms with van der Waals surface area (Å²) in [5.41, 5.74) is 5.95. The lowest BCUT2D eigenvalue weighted by Crippen LogP contribution is -2.01. The third kappa shape index (κ3) is 3.27. The summed E-state index contributed by atoms with van der Waals surface area (Å²) in [5.74, 6) is 2.18. The highest BCUT2D eigenvalue weighted by Gasteiger charge is 2.16. The van der Waals surface area contributed by atoms with Crippen LogP contribution in [0.3, 0.4) is 0 Å².